The third-order valence-electron chi connectivity index (χ3n) is 1.65. The van der Waals surface area contributed by atoms with Gasteiger partial charge < -0.3 is 9.52 Å². The first-order chi connectivity index (χ1) is 6.41. The summed E-state index contributed by atoms with van der Waals surface area (Å²) in [6, 6.07) is 3.06. The first-order valence-corrected chi connectivity index (χ1v) is 3.88. The molecule has 0 bridgehead atoms. The molecule has 0 amide bonds. The lowest BCUT2D eigenvalue weighted by molar-refractivity contribution is -0.190. The van der Waals surface area contributed by atoms with Gasteiger partial charge in [0.05, 0.1) is 6.26 Å². The first-order valence-electron chi connectivity index (χ1n) is 3.88. The molecule has 14 heavy (non-hydrogen) atoms. The lowest BCUT2D eigenvalue weighted by Crippen LogP contribution is -2.29. The van der Waals surface area contributed by atoms with Crippen LogP contribution >= 0.6 is 0 Å². The van der Waals surface area contributed by atoms with Crippen LogP contribution in [0, 0.1) is 0 Å². The fraction of sp³-hybridized carbons (Fsp3) is 0.333. The third-order valence-corrected chi connectivity index (χ3v) is 1.65. The number of furan rings is 1. The van der Waals surface area contributed by atoms with Gasteiger partial charge in [-0.1, -0.05) is 0 Å². The van der Waals surface area contributed by atoms with Crippen LogP contribution in [0.2, 0.25) is 0 Å². The van der Waals surface area contributed by atoms with E-state index in [9.17, 15) is 13.2 Å². The summed E-state index contributed by atoms with van der Waals surface area (Å²) in [5, 5.41) is 8.82. The fourth-order valence-corrected chi connectivity index (χ4v) is 0.935. The molecule has 2 nitrogen and oxygen atoms in total. The molecule has 0 aliphatic heterocycles. The minimum atomic E-state index is -4.63. The number of halogens is 3. The van der Waals surface area contributed by atoms with Gasteiger partial charge in [-0.2, -0.15) is 13.2 Å². The molecule has 0 aliphatic rings. The minimum absolute atomic E-state index is 0.201. The number of aliphatic hydroxyl groups is 1. The van der Waals surface area contributed by atoms with E-state index in [2.05, 4.69) is 0 Å². The molecular formula is C9H9F3O2. The Morgan fingerprint density at radius 3 is 2.64 bits per heavy atom. The van der Waals surface area contributed by atoms with Gasteiger partial charge in [0.25, 0.3) is 0 Å². The number of alkyl halides is 3. The van der Waals surface area contributed by atoms with Crippen molar-refractivity contribution >= 4 is 6.08 Å². The van der Waals surface area contributed by atoms with Crippen molar-refractivity contribution in [2.75, 3.05) is 0 Å². The molecule has 1 aromatic rings. The van der Waals surface area contributed by atoms with Crippen molar-refractivity contribution in [1.29, 1.82) is 0 Å². The summed E-state index contributed by atoms with van der Waals surface area (Å²) in [6.45, 7) is 1.20. The van der Waals surface area contributed by atoms with E-state index in [4.69, 9.17) is 9.52 Å². The summed E-state index contributed by atoms with van der Waals surface area (Å²) >= 11 is 0. The highest BCUT2D eigenvalue weighted by Gasteiger charge is 2.39. The van der Waals surface area contributed by atoms with E-state index in [-0.39, 0.29) is 11.3 Å². The van der Waals surface area contributed by atoms with Crippen molar-refractivity contribution in [2.24, 2.45) is 0 Å². The molecular weight excluding hydrogens is 197 g/mol. The highest BCUT2D eigenvalue weighted by molar-refractivity contribution is 5.47. The second-order valence-electron chi connectivity index (χ2n) is 2.85. The van der Waals surface area contributed by atoms with Gasteiger partial charge in [0.2, 0.25) is 0 Å². The van der Waals surface area contributed by atoms with Crippen LogP contribution in [0.25, 0.3) is 6.08 Å². The average molecular weight is 206 g/mol. The summed E-state index contributed by atoms with van der Waals surface area (Å²) in [5.74, 6) is 0.283. The molecule has 5 heteroatoms. The van der Waals surface area contributed by atoms with Crippen LogP contribution in [0.1, 0.15) is 12.7 Å². The molecule has 0 spiro atoms. The van der Waals surface area contributed by atoms with E-state index in [1.807, 2.05) is 0 Å². The highest BCUT2D eigenvalue weighted by atomic mass is 19.4. The van der Waals surface area contributed by atoms with Gasteiger partial charge in [-0.3, -0.25) is 0 Å². The molecule has 0 fully saturated rings. The Morgan fingerprint density at radius 2 is 2.21 bits per heavy atom. The first kappa shape index (κ1) is 10.8. The van der Waals surface area contributed by atoms with Crippen molar-refractivity contribution in [3.63, 3.8) is 0 Å². The molecule has 0 aliphatic carbocycles. The maximum absolute atomic E-state index is 12.0. The van der Waals surface area contributed by atoms with Gasteiger partial charge in [0.15, 0.2) is 6.10 Å². The average Bonchev–Trinajstić information content (AvgIpc) is 2.53. The molecule has 1 aromatic heterocycles. The van der Waals surface area contributed by atoms with E-state index in [0.717, 1.165) is 6.08 Å². The Bertz CT molecular complexity index is 311. The lowest BCUT2D eigenvalue weighted by Gasteiger charge is -2.14. The van der Waals surface area contributed by atoms with Crippen LogP contribution in [0.3, 0.4) is 0 Å². The normalized spacial score (nSPS) is 15.6. The SMILES string of the molecule is C/C(=C\c1ccco1)C(O)C(F)(F)F. The Balaban J connectivity index is 2.80. The summed E-state index contributed by atoms with van der Waals surface area (Å²) in [4.78, 5) is 0. The molecule has 0 saturated carbocycles. The standard InChI is InChI=1S/C9H9F3O2/c1-6(8(13)9(10,11)12)5-7-3-2-4-14-7/h2-5,8,13H,1H3/b6-5+. The Hall–Kier alpha value is -1.23. The maximum Gasteiger partial charge on any atom is 0.418 e. The van der Waals surface area contributed by atoms with Crippen molar-refractivity contribution < 1.29 is 22.7 Å². The maximum atomic E-state index is 12.0. The Labute approximate surface area is 78.7 Å². The van der Waals surface area contributed by atoms with Crippen molar-refractivity contribution in [3.8, 4) is 0 Å². The van der Waals surface area contributed by atoms with E-state index in [0.29, 0.717) is 0 Å². The number of rotatable bonds is 2. The van der Waals surface area contributed by atoms with Gasteiger partial charge in [0, 0.05) is 0 Å². The van der Waals surface area contributed by atoms with E-state index >= 15 is 0 Å². The number of aliphatic hydroxyl groups excluding tert-OH is 1. The molecule has 1 heterocycles. The van der Waals surface area contributed by atoms with Crippen molar-refractivity contribution in [1.82, 2.24) is 0 Å². The van der Waals surface area contributed by atoms with E-state index < -0.39 is 12.3 Å². The van der Waals surface area contributed by atoms with Crippen LogP contribution in [-0.2, 0) is 0 Å². The second kappa shape index (κ2) is 3.88. The number of hydrogen-bond acceptors (Lipinski definition) is 2. The smallest absolute Gasteiger partial charge is 0.418 e. The van der Waals surface area contributed by atoms with Crippen LogP contribution in [-0.4, -0.2) is 17.4 Å². The zero-order chi connectivity index (χ0) is 10.8. The Morgan fingerprint density at radius 1 is 1.57 bits per heavy atom. The zero-order valence-electron chi connectivity index (χ0n) is 7.38. The van der Waals surface area contributed by atoms with Gasteiger partial charge in [-0.05, 0) is 30.7 Å². The van der Waals surface area contributed by atoms with Crippen LogP contribution < -0.4 is 0 Å². The number of hydrogen-bond donors (Lipinski definition) is 1. The Kier molecular flexibility index (Phi) is 3.00. The molecule has 0 radical (unpaired) electrons. The summed E-state index contributed by atoms with van der Waals surface area (Å²) < 4.78 is 40.8. The molecule has 0 saturated heterocycles. The summed E-state index contributed by atoms with van der Waals surface area (Å²) in [7, 11) is 0. The molecule has 0 aromatic carbocycles. The van der Waals surface area contributed by atoms with Crippen LogP contribution in [0.15, 0.2) is 28.4 Å². The summed E-state index contributed by atoms with van der Waals surface area (Å²) in [6.07, 6.45) is -4.57. The second-order valence-corrected chi connectivity index (χ2v) is 2.85. The zero-order valence-corrected chi connectivity index (χ0v) is 7.38. The van der Waals surface area contributed by atoms with Crippen molar-refractivity contribution in [2.45, 2.75) is 19.2 Å². The predicted molar refractivity (Wildman–Crippen MR) is 44.4 cm³/mol. The molecule has 1 N–H and O–H groups in total. The monoisotopic (exact) mass is 206 g/mol. The molecule has 1 unspecified atom stereocenters. The molecule has 78 valence electrons. The van der Waals surface area contributed by atoms with Gasteiger partial charge in [-0.25, -0.2) is 0 Å². The van der Waals surface area contributed by atoms with Crippen LogP contribution in [0.4, 0.5) is 13.2 Å². The quantitative estimate of drug-likeness (QED) is 0.806. The van der Waals surface area contributed by atoms with Crippen LogP contribution in [0.5, 0.6) is 0 Å². The molecule has 1 atom stereocenters. The minimum Gasteiger partial charge on any atom is -0.465 e. The largest absolute Gasteiger partial charge is 0.465 e. The predicted octanol–water partition coefficient (Wildman–Crippen LogP) is 2.61. The summed E-state index contributed by atoms with van der Waals surface area (Å²) in [5.41, 5.74) is -0.201. The molecule has 1 rings (SSSR count). The van der Waals surface area contributed by atoms with Gasteiger partial charge >= 0.3 is 6.18 Å². The fourth-order valence-electron chi connectivity index (χ4n) is 0.935. The van der Waals surface area contributed by atoms with E-state index in [1.54, 1.807) is 6.07 Å². The van der Waals surface area contributed by atoms with E-state index in [1.165, 1.54) is 19.3 Å². The van der Waals surface area contributed by atoms with Gasteiger partial charge in [-0.15, -0.1) is 0 Å². The topological polar surface area (TPSA) is 33.4 Å². The third kappa shape index (κ3) is 2.63. The lowest BCUT2D eigenvalue weighted by atomic mass is 10.1. The highest BCUT2D eigenvalue weighted by Crippen LogP contribution is 2.26. The van der Waals surface area contributed by atoms with Gasteiger partial charge in [0.1, 0.15) is 5.76 Å². The van der Waals surface area contributed by atoms with Crippen molar-refractivity contribution in [3.05, 3.63) is 29.7 Å².